The minimum absolute atomic E-state index is 0.804. The first-order valence-corrected chi connectivity index (χ1v) is 6.95. The SMILES string of the molecule is CCCC/C=C(/CCCCC)C(C)CC. The zero-order valence-corrected chi connectivity index (χ0v) is 11.3. The van der Waals surface area contributed by atoms with Gasteiger partial charge in [0.25, 0.3) is 0 Å². The molecule has 90 valence electrons. The van der Waals surface area contributed by atoms with E-state index in [0.717, 1.165) is 5.92 Å². The van der Waals surface area contributed by atoms with E-state index >= 15 is 0 Å². The Morgan fingerprint density at radius 3 is 2.20 bits per heavy atom. The van der Waals surface area contributed by atoms with Gasteiger partial charge in [-0.3, -0.25) is 0 Å². The number of hydrogen-bond acceptors (Lipinski definition) is 0. The summed E-state index contributed by atoms with van der Waals surface area (Å²) in [4.78, 5) is 0. The maximum Gasteiger partial charge on any atom is -0.0234 e. The second kappa shape index (κ2) is 10.3. The fourth-order valence-corrected chi connectivity index (χ4v) is 1.88. The highest BCUT2D eigenvalue weighted by Crippen LogP contribution is 2.21. The Labute approximate surface area is 97.2 Å². The van der Waals surface area contributed by atoms with Crippen LogP contribution in [0, 0.1) is 5.92 Å². The minimum Gasteiger partial charge on any atom is -0.0851 e. The van der Waals surface area contributed by atoms with Crippen LogP contribution in [0.4, 0.5) is 0 Å². The third kappa shape index (κ3) is 7.64. The number of allylic oxidation sites excluding steroid dienone is 2. The normalized spacial score (nSPS) is 14.3. The van der Waals surface area contributed by atoms with Crippen molar-refractivity contribution in [3.63, 3.8) is 0 Å². The number of hydrogen-bond donors (Lipinski definition) is 0. The van der Waals surface area contributed by atoms with Crippen molar-refractivity contribution < 1.29 is 0 Å². The highest BCUT2D eigenvalue weighted by Gasteiger charge is 2.05. The Morgan fingerprint density at radius 1 is 1.00 bits per heavy atom. The fourth-order valence-electron chi connectivity index (χ4n) is 1.88. The van der Waals surface area contributed by atoms with E-state index in [4.69, 9.17) is 0 Å². The second-order valence-corrected chi connectivity index (χ2v) is 4.69. The predicted octanol–water partition coefficient (Wildman–Crippen LogP) is 5.73. The predicted molar refractivity (Wildman–Crippen MR) is 71.2 cm³/mol. The molecule has 0 spiro atoms. The Bertz CT molecular complexity index is 155. The Balaban J connectivity index is 3.99. The highest BCUT2D eigenvalue weighted by molar-refractivity contribution is 5.05. The van der Waals surface area contributed by atoms with Crippen molar-refractivity contribution in [2.75, 3.05) is 0 Å². The van der Waals surface area contributed by atoms with Gasteiger partial charge in [0.05, 0.1) is 0 Å². The van der Waals surface area contributed by atoms with E-state index in [9.17, 15) is 0 Å². The lowest BCUT2D eigenvalue weighted by molar-refractivity contribution is 0.590. The summed E-state index contributed by atoms with van der Waals surface area (Å²) in [6.45, 7) is 9.24. The summed E-state index contributed by atoms with van der Waals surface area (Å²) >= 11 is 0. The van der Waals surface area contributed by atoms with Crippen LogP contribution >= 0.6 is 0 Å². The van der Waals surface area contributed by atoms with Crippen LogP contribution in [0.15, 0.2) is 11.6 Å². The van der Waals surface area contributed by atoms with Crippen LogP contribution in [0.2, 0.25) is 0 Å². The van der Waals surface area contributed by atoms with Crippen molar-refractivity contribution in [3.8, 4) is 0 Å². The molecule has 0 heterocycles. The molecule has 0 aromatic rings. The van der Waals surface area contributed by atoms with Gasteiger partial charge in [-0.2, -0.15) is 0 Å². The van der Waals surface area contributed by atoms with Gasteiger partial charge < -0.3 is 0 Å². The average molecular weight is 210 g/mol. The van der Waals surface area contributed by atoms with E-state index in [2.05, 4.69) is 33.8 Å². The van der Waals surface area contributed by atoms with Crippen LogP contribution in [-0.2, 0) is 0 Å². The summed E-state index contributed by atoms with van der Waals surface area (Å²) in [5.74, 6) is 0.804. The second-order valence-electron chi connectivity index (χ2n) is 4.69. The lowest BCUT2D eigenvalue weighted by atomic mass is 9.92. The van der Waals surface area contributed by atoms with Crippen molar-refractivity contribution in [2.24, 2.45) is 5.92 Å². The molecule has 0 N–H and O–H groups in total. The van der Waals surface area contributed by atoms with E-state index in [1.165, 1.54) is 51.4 Å². The van der Waals surface area contributed by atoms with E-state index in [1.54, 1.807) is 5.57 Å². The summed E-state index contributed by atoms with van der Waals surface area (Å²) in [7, 11) is 0. The van der Waals surface area contributed by atoms with Crippen molar-refractivity contribution in [2.45, 2.75) is 79.1 Å². The zero-order valence-electron chi connectivity index (χ0n) is 11.3. The molecule has 0 bridgehead atoms. The van der Waals surface area contributed by atoms with E-state index in [0.29, 0.717) is 0 Å². The Kier molecular flexibility index (Phi) is 10.1. The number of rotatable bonds is 9. The third-order valence-electron chi connectivity index (χ3n) is 3.28. The van der Waals surface area contributed by atoms with Gasteiger partial charge in [0.2, 0.25) is 0 Å². The molecule has 0 amide bonds. The van der Waals surface area contributed by atoms with Crippen LogP contribution < -0.4 is 0 Å². The summed E-state index contributed by atoms with van der Waals surface area (Å²) in [6.07, 6.45) is 13.2. The molecule has 0 nitrogen and oxygen atoms in total. The van der Waals surface area contributed by atoms with Crippen LogP contribution in [0.5, 0.6) is 0 Å². The third-order valence-corrected chi connectivity index (χ3v) is 3.28. The van der Waals surface area contributed by atoms with Crippen molar-refractivity contribution in [3.05, 3.63) is 11.6 Å². The van der Waals surface area contributed by atoms with Crippen LogP contribution in [0.25, 0.3) is 0 Å². The molecular weight excluding hydrogens is 180 g/mol. The molecule has 1 unspecified atom stereocenters. The Hall–Kier alpha value is -0.260. The first kappa shape index (κ1) is 14.7. The van der Waals surface area contributed by atoms with Crippen LogP contribution in [-0.4, -0.2) is 0 Å². The molecule has 0 radical (unpaired) electrons. The van der Waals surface area contributed by atoms with E-state index in [1.807, 2.05) is 0 Å². The largest absolute Gasteiger partial charge is 0.0851 e. The maximum atomic E-state index is 2.52. The van der Waals surface area contributed by atoms with Gasteiger partial charge in [0, 0.05) is 0 Å². The monoisotopic (exact) mass is 210 g/mol. The summed E-state index contributed by atoms with van der Waals surface area (Å²) in [5, 5.41) is 0. The van der Waals surface area contributed by atoms with E-state index in [-0.39, 0.29) is 0 Å². The van der Waals surface area contributed by atoms with Gasteiger partial charge in [0.15, 0.2) is 0 Å². The quantitative estimate of drug-likeness (QED) is 0.337. The van der Waals surface area contributed by atoms with Crippen LogP contribution in [0.3, 0.4) is 0 Å². The van der Waals surface area contributed by atoms with Gasteiger partial charge in [-0.1, -0.05) is 65.0 Å². The van der Waals surface area contributed by atoms with Crippen molar-refractivity contribution in [1.29, 1.82) is 0 Å². The lowest BCUT2D eigenvalue weighted by Gasteiger charge is -2.14. The average Bonchev–Trinajstić information content (AvgIpc) is 2.26. The first-order valence-electron chi connectivity index (χ1n) is 6.95. The van der Waals surface area contributed by atoms with E-state index < -0.39 is 0 Å². The molecule has 0 aliphatic rings. The minimum atomic E-state index is 0.804. The van der Waals surface area contributed by atoms with Gasteiger partial charge >= 0.3 is 0 Å². The van der Waals surface area contributed by atoms with Gasteiger partial charge in [-0.05, 0) is 31.6 Å². The topological polar surface area (TPSA) is 0 Å². The smallest absolute Gasteiger partial charge is 0.0234 e. The molecule has 0 aliphatic carbocycles. The molecule has 15 heavy (non-hydrogen) atoms. The molecule has 0 saturated carbocycles. The summed E-state index contributed by atoms with van der Waals surface area (Å²) in [6, 6.07) is 0. The lowest BCUT2D eigenvalue weighted by Crippen LogP contribution is -1.98. The zero-order chi connectivity index (χ0) is 11.5. The molecule has 0 heteroatoms. The molecule has 0 aliphatic heterocycles. The molecule has 0 aromatic carbocycles. The fraction of sp³-hybridized carbons (Fsp3) is 0.867. The highest BCUT2D eigenvalue weighted by atomic mass is 14.1. The summed E-state index contributed by atoms with van der Waals surface area (Å²) < 4.78 is 0. The van der Waals surface area contributed by atoms with Gasteiger partial charge in [0.1, 0.15) is 0 Å². The van der Waals surface area contributed by atoms with Crippen molar-refractivity contribution >= 4 is 0 Å². The standard InChI is InChI=1S/C15H30/c1-5-8-10-12-15(14(4)7-3)13-11-9-6-2/h12,14H,5-11,13H2,1-4H3/b15-12-. The number of unbranched alkanes of at least 4 members (excludes halogenated alkanes) is 4. The maximum absolute atomic E-state index is 2.52. The molecule has 0 aromatic heterocycles. The first-order chi connectivity index (χ1) is 7.26. The van der Waals surface area contributed by atoms with Crippen LogP contribution in [0.1, 0.15) is 79.1 Å². The van der Waals surface area contributed by atoms with Gasteiger partial charge in [-0.25, -0.2) is 0 Å². The van der Waals surface area contributed by atoms with Gasteiger partial charge in [-0.15, -0.1) is 0 Å². The molecule has 0 fully saturated rings. The molecule has 0 rings (SSSR count). The summed E-state index contributed by atoms with van der Waals surface area (Å²) in [5.41, 5.74) is 1.72. The molecular formula is C15H30. The molecule has 0 saturated heterocycles. The molecule has 1 atom stereocenters. The Morgan fingerprint density at radius 2 is 1.67 bits per heavy atom. The van der Waals surface area contributed by atoms with Crippen molar-refractivity contribution in [1.82, 2.24) is 0 Å².